The number of rotatable bonds is 18. The van der Waals surface area contributed by atoms with E-state index in [1.54, 1.807) is 195 Å². The first kappa shape index (κ1) is 60.5. The van der Waals surface area contributed by atoms with Crippen LogP contribution in [0.25, 0.3) is 0 Å². The van der Waals surface area contributed by atoms with Gasteiger partial charge in [-0.05, 0) is 129 Å². The molecule has 0 unspecified atom stereocenters. The normalized spacial score (nSPS) is 13.1. The molecule has 0 N–H and O–H groups in total. The topological polar surface area (TPSA) is 146 Å². The fourth-order valence-corrected chi connectivity index (χ4v) is 20.3. The molecule has 0 spiro atoms. The summed E-state index contributed by atoms with van der Waals surface area (Å²) in [4.78, 5) is 81.6. The zero-order chi connectivity index (χ0) is 61.4. The number of aryl methyl sites for hydroxylation is 6. The van der Waals surface area contributed by atoms with Gasteiger partial charge in [-0.15, -0.1) is 0 Å². The van der Waals surface area contributed by atoms with Crippen LogP contribution in [-0.2, 0) is 33.3 Å². The van der Waals surface area contributed by atoms with E-state index in [2.05, 4.69) is 0 Å². The molecule has 1 aliphatic rings. The number of imide groups is 1. The largest absolute Gasteiger partial charge is 0.330 e. The van der Waals surface area contributed by atoms with Crippen molar-refractivity contribution in [2.24, 2.45) is 0 Å². The quantitative estimate of drug-likeness (QED) is 0.0772. The summed E-state index contributed by atoms with van der Waals surface area (Å²) in [7, 11) is -12.0. The maximum atomic E-state index is 15.7. The lowest BCUT2D eigenvalue weighted by Gasteiger charge is -2.42. The van der Waals surface area contributed by atoms with E-state index in [9.17, 15) is 0 Å². The van der Waals surface area contributed by atoms with Crippen LogP contribution >= 0.6 is 21.4 Å². The highest BCUT2D eigenvalue weighted by atomic mass is 31.2. The molecule has 1 heterocycles. The molecule has 1 fully saturated rings. The number of carbonyl (C=O) groups is 5. The Morgan fingerprint density at radius 1 is 0.326 bits per heavy atom. The molecular formula is C72H68N3O8P3. The van der Waals surface area contributed by atoms with Crippen molar-refractivity contribution in [1.29, 1.82) is 0 Å². The van der Waals surface area contributed by atoms with Crippen LogP contribution in [0.2, 0.25) is 0 Å². The Morgan fingerprint density at radius 3 is 0.756 bits per heavy atom. The highest BCUT2D eigenvalue weighted by Gasteiger charge is 2.44. The van der Waals surface area contributed by atoms with Crippen LogP contribution in [0, 0.1) is 62.3 Å². The van der Waals surface area contributed by atoms with Crippen LogP contribution < -0.4 is 31.8 Å². The molecule has 11 nitrogen and oxygen atoms in total. The van der Waals surface area contributed by atoms with Gasteiger partial charge in [-0.2, -0.15) is 0 Å². The molecule has 0 atom stereocenters. The molecule has 434 valence electrons. The monoisotopic (exact) mass is 1200 g/mol. The van der Waals surface area contributed by atoms with Gasteiger partial charge in [0.15, 0.2) is 0 Å². The minimum Gasteiger partial charge on any atom is -0.305 e. The van der Waals surface area contributed by atoms with Gasteiger partial charge in [0.2, 0.25) is 38.0 Å². The fourth-order valence-electron chi connectivity index (χ4n) is 12.5. The van der Waals surface area contributed by atoms with E-state index >= 15 is 37.7 Å². The van der Waals surface area contributed by atoms with Gasteiger partial charge < -0.3 is 23.5 Å². The molecule has 0 saturated carbocycles. The molecule has 0 aromatic heterocycles. The first-order valence-corrected chi connectivity index (χ1v) is 33.7. The molecule has 9 aromatic rings. The Kier molecular flexibility index (Phi) is 17.2. The first-order valence-electron chi connectivity index (χ1n) is 28.6. The average Bonchev–Trinajstić information content (AvgIpc) is 2.35. The van der Waals surface area contributed by atoms with Crippen molar-refractivity contribution >= 4 is 81.9 Å². The molecule has 10 rings (SSSR count). The summed E-state index contributed by atoms with van der Waals surface area (Å²) in [5, 5.41) is 2.28. The van der Waals surface area contributed by atoms with E-state index in [0.29, 0.717) is 87.5 Å². The van der Waals surface area contributed by atoms with E-state index < -0.39 is 50.1 Å². The molecule has 1 saturated heterocycles. The molecule has 14 heteroatoms. The highest BCUT2D eigenvalue weighted by Crippen LogP contribution is 2.51. The third-order valence-corrected chi connectivity index (χ3v) is 25.5. The lowest BCUT2D eigenvalue weighted by molar-refractivity contribution is 0.0695. The van der Waals surface area contributed by atoms with Crippen LogP contribution in [0.1, 0.15) is 97.8 Å². The van der Waals surface area contributed by atoms with Crippen LogP contribution in [0.5, 0.6) is 0 Å². The molecule has 86 heavy (non-hydrogen) atoms. The van der Waals surface area contributed by atoms with Crippen molar-refractivity contribution in [2.45, 2.75) is 81.9 Å². The van der Waals surface area contributed by atoms with Crippen LogP contribution in [-0.4, -0.2) is 50.0 Å². The van der Waals surface area contributed by atoms with Crippen LogP contribution in [0.3, 0.4) is 0 Å². The predicted molar refractivity (Wildman–Crippen MR) is 347 cm³/mol. The standard InChI is InChI=1S/C72H68N3O8P3/c1-47-40-50(4)65(68(76)84(81,56-28-16-10-17-29-56)57-30-18-11-19-31-57)53(7)62(47)43-73-46-74(44-63-48(2)41-51(5)66(54(63)8)69(77)85(82,58-32-20-12-21-33-58)59-34-22-13-23-35-59)72(80)75(71(73)79)45-64-49(3)42-52(6)67(55(64)9)70(78)86(83,60-36-24-14-25-37-60)61-38-26-15-27-39-61/h10-42H,43-46H2,1-9H3. The zero-order valence-corrected chi connectivity index (χ0v) is 52.5. The third-order valence-electron chi connectivity index (χ3n) is 17.0. The smallest absolute Gasteiger partial charge is 0.305 e. The molecule has 0 bridgehead atoms. The Bertz CT molecular complexity index is 3990. The average molecular weight is 1200 g/mol. The predicted octanol–water partition coefficient (Wildman–Crippen LogP) is 13.9. The van der Waals surface area contributed by atoms with Gasteiger partial charge in [-0.25, -0.2) is 14.5 Å². The summed E-state index contributed by atoms with van der Waals surface area (Å²) in [5.74, 6) is 0. The van der Waals surface area contributed by atoms with Crippen molar-refractivity contribution in [3.63, 3.8) is 0 Å². The summed E-state index contributed by atoms with van der Waals surface area (Å²) >= 11 is 0. The Balaban J connectivity index is 1.10. The Labute approximate surface area is 503 Å². The lowest BCUT2D eigenvalue weighted by atomic mass is 9.93. The van der Waals surface area contributed by atoms with Gasteiger partial charge in [-0.3, -0.25) is 14.4 Å². The van der Waals surface area contributed by atoms with E-state index in [-0.39, 0.29) is 43.0 Å². The maximum absolute atomic E-state index is 15.7. The van der Waals surface area contributed by atoms with E-state index in [4.69, 9.17) is 0 Å². The highest BCUT2D eigenvalue weighted by molar-refractivity contribution is 7.94. The van der Waals surface area contributed by atoms with Crippen molar-refractivity contribution in [1.82, 2.24) is 14.7 Å². The number of urea groups is 2. The van der Waals surface area contributed by atoms with Gasteiger partial charge in [0.1, 0.15) is 0 Å². The van der Waals surface area contributed by atoms with Crippen LogP contribution in [0.15, 0.2) is 200 Å². The second kappa shape index (κ2) is 24.4. The van der Waals surface area contributed by atoms with Crippen molar-refractivity contribution in [2.75, 3.05) is 6.67 Å². The van der Waals surface area contributed by atoms with Crippen LogP contribution in [0.4, 0.5) is 9.59 Å². The molecule has 9 aromatic carbocycles. The van der Waals surface area contributed by atoms with Gasteiger partial charge in [0.05, 0.1) is 13.2 Å². The van der Waals surface area contributed by atoms with E-state index in [1.165, 1.54) is 0 Å². The number of hydrogen-bond acceptors (Lipinski definition) is 8. The zero-order valence-electron chi connectivity index (χ0n) is 49.8. The summed E-state index contributed by atoms with van der Waals surface area (Å²) in [6.07, 6.45) is 0. The fraction of sp³-hybridized carbons (Fsp3) is 0.181. The van der Waals surface area contributed by atoms with E-state index in [1.807, 2.05) is 77.1 Å². The maximum Gasteiger partial charge on any atom is 0.330 e. The van der Waals surface area contributed by atoms with Crippen molar-refractivity contribution < 1.29 is 37.7 Å². The third kappa shape index (κ3) is 10.7. The summed E-state index contributed by atoms with van der Waals surface area (Å²) in [6.45, 7) is 15.8. The molecule has 4 amide bonds. The minimum absolute atomic E-state index is 0.0851. The molecular weight excluding hydrogens is 1130 g/mol. The Morgan fingerprint density at radius 2 is 0.535 bits per heavy atom. The molecule has 0 radical (unpaired) electrons. The summed E-state index contributed by atoms with van der Waals surface area (Å²) < 4.78 is 47.0. The van der Waals surface area contributed by atoms with Gasteiger partial charge in [0, 0.05) is 61.6 Å². The first-order chi connectivity index (χ1) is 41.1. The summed E-state index contributed by atoms with van der Waals surface area (Å²) in [5.41, 5.74) is 6.41. The molecule has 1 aliphatic heterocycles. The lowest BCUT2D eigenvalue weighted by Crippen LogP contribution is -2.60. The molecule has 0 aliphatic carbocycles. The van der Waals surface area contributed by atoms with Gasteiger partial charge >= 0.3 is 12.1 Å². The van der Waals surface area contributed by atoms with Gasteiger partial charge in [0.25, 0.3) is 0 Å². The number of carbonyl (C=O) groups excluding carboxylic acids is 5. The second-order valence-corrected chi connectivity index (χ2v) is 30.4. The van der Waals surface area contributed by atoms with E-state index in [0.717, 1.165) is 16.0 Å². The number of nitrogens with zero attached hydrogens (tertiary/aromatic N) is 3. The SMILES string of the molecule is Cc1cc(C)c(C(=O)P(=O)(c2ccccc2)c2ccccc2)c(C)c1CN1CN(Cc2c(C)cc(C)c(C(=O)P(=O)(c3ccccc3)c3ccccc3)c2C)C(=O)N(Cc2c(C)cc(C)c(C(=O)P(=O)(c3ccccc3)c3ccccc3)c2C)C1=O. The minimum atomic E-state index is -4.02. The van der Waals surface area contributed by atoms with Crippen molar-refractivity contribution in [3.05, 3.63) is 284 Å². The summed E-state index contributed by atoms with van der Waals surface area (Å²) in [6, 6.07) is 56.7. The second-order valence-electron chi connectivity index (χ2n) is 22.4. The van der Waals surface area contributed by atoms with Gasteiger partial charge in [-0.1, -0.05) is 200 Å². The number of benzene rings is 9. The Hall–Kier alpha value is -8.58. The number of amides is 4. The number of hydrogen-bond donors (Lipinski definition) is 0. The van der Waals surface area contributed by atoms with Crippen molar-refractivity contribution in [3.8, 4) is 0 Å².